The maximum Gasteiger partial charge on any atom is 0.134 e. The molecule has 1 N–H and O–H groups in total. The number of nitrogens with zero attached hydrogens (tertiary/aromatic N) is 3. The van der Waals surface area contributed by atoms with Crippen molar-refractivity contribution in [3.8, 4) is 5.75 Å². The molecule has 0 bridgehead atoms. The molecule has 0 radical (unpaired) electrons. The number of hydrogen-bond acceptors (Lipinski definition) is 4. The molecule has 33 heavy (non-hydrogen) atoms. The molecule has 5 heteroatoms. The van der Waals surface area contributed by atoms with Crippen LogP contribution in [0.4, 0.5) is 0 Å². The monoisotopic (exact) mass is 443 g/mol. The molecule has 3 aliphatic rings. The normalized spacial score (nSPS) is 30.4. The number of fused-ring (bicyclic) bond motifs is 5. The van der Waals surface area contributed by atoms with E-state index in [4.69, 9.17) is 4.74 Å². The molecule has 3 aliphatic carbocycles. The van der Waals surface area contributed by atoms with E-state index in [1.54, 1.807) is 0 Å². The molecular weight excluding hydrogens is 410 g/mol. The SMILES string of the molecule is C[C@@]12CC[C@@H]3c4ccc(OCc5cn(Cc6ccccc6)nn5)cc4CC[C@H]3[C@@H]1CC[C@H]2O. The summed E-state index contributed by atoms with van der Waals surface area (Å²) in [5, 5.41) is 19.1. The van der Waals surface area contributed by atoms with Crippen molar-refractivity contribution in [2.75, 3.05) is 0 Å². The molecule has 172 valence electrons. The summed E-state index contributed by atoms with van der Waals surface area (Å²) in [5.41, 5.74) is 5.16. The number of aliphatic hydroxyl groups is 1. The minimum atomic E-state index is -0.105. The Bertz CT molecular complexity index is 1130. The van der Waals surface area contributed by atoms with Gasteiger partial charge in [0.05, 0.1) is 18.8 Å². The molecule has 2 fully saturated rings. The van der Waals surface area contributed by atoms with Crippen molar-refractivity contribution in [3.05, 3.63) is 77.1 Å². The fourth-order valence-electron chi connectivity index (χ4n) is 7.03. The highest BCUT2D eigenvalue weighted by atomic mass is 16.5. The second-order valence-corrected chi connectivity index (χ2v) is 10.6. The van der Waals surface area contributed by atoms with Gasteiger partial charge in [-0.05, 0) is 90.5 Å². The predicted octanol–water partition coefficient (Wildman–Crippen LogP) is 5.12. The topological polar surface area (TPSA) is 60.2 Å². The molecule has 0 aliphatic heterocycles. The highest BCUT2D eigenvalue weighted by molar-refractivity contribution is 5.40. The van der Waals surface area contributed by atoms with E-state index in [1.165, 1.54) is 36.0 Å². The molecule has 0 amide bonds. The zero-order valence-electron chi connectivity index (χ0n) is 19.4. The van der Waals surface area contributed by atoms with E-state index in [-0.39, 0.29) is 11.5 Å². The first kappa shape index (κ1) is 20.9. The van der Waals surface area contributed by atoms with Crippen molar-refractivity contribution in [1.82, 2.24) is 15.0 Å². The lowest BCUT2D eigenvalue weighted by Gasteiger charge is -2.50. The zero-order chi connectivity index (χ0) is 22.4. The summed E-state index contributed by atoms with van der Waals surface area (Å²) >= 11 is 0. The van der Waals surface area contributed by atoms with Crippen LogP contribution in [0.1, 0.15) is 67.3 Å². The average Bonchev–Trinajstić information content (AvgIpc) is 3.41. The van der Waals surface area contributed by atoms with E-state index >= 15 is 0 Å². The second-order valence-electron chi connectivity index (χ2n) is 10.6. The van der Waals surface area contributed by atoms with E-state index < -0.39 is 0 Å². The van der Waals surface area contributed by atoms with Crippen LogP contribution in [0.25, 0.3) is 0 Å². The van der Waals surface area contributed by atoms with Gasteiger partial charge in [0.2, 0.25) is 0 Å². The summed E-state index contributed by atoms with van der Waals surface area (Å²) < 4.78 is 7.97. The number of ether oxygens (including phenoxy) is 1. The number of aliphatic hydroxyl groups excluding tert-OH is 1. The Morgan fingerprint density at radius 3 is 2.85 bits per heavy atom. The Morgan fingerprint density at radius 2 is 1.97 bits per heavy atom. The number of aromatic nitrogens is 3. The molecule has 6 rings (SSSR count). The van der Waals surface area contributed by atoms with Crippen LogP contribution < -0.4 is 4.74 Å². The molecule has 1 aromatic heterocycles. The lowest BCUT2D eigenvalue weighted by molar-refractivity contribution is -0.0226. The molecule has 0 saturated heterocycles. The Labute approximate surface area is 195 Å². The van der Waals surface area contributed by atoms with Crippen LogP contribution in [0.15, 0.2) is 54.7 Å². The van der Waals surface area contributed by atoms with Crippen LogP contribution in [-0.4, -0.2) is 26.2 Å². The fourth-order valence-corrected chi connectivity index (χ4v) is 7.03. The van der Waals surface area contributed by atoms with Crippen LogP contribution in [-0.2, 0) is 19.6 Å². The summed E-state index contributed by atoms with van der Waals surface area (Å²) in [6.07, 6.45) is 8.74. The third-order valence-electron chi connectivity index (χ3n) is 8.81. The van der Waals surface area contributed by atoms with E-state index in [1.807, 2.05) is 29.1 Å². The van der Waals surface area contributed by atoms with Crippen molar-refractivity contribution in [3.63, 3.8) is 0 Å². The van der Waals surface area contributed by atoms with Crippen LogP contribution in [0.3, 0.4) is 0 Å². The Balaban J connectivity index is 1.12. The van der Waals surface area contributed by atoms with Gasteiger partial charge in [-0.25, -0.2) is 4.68 Å². The smallest absolute Gasteiger partial charge is 0.134 e. The maximum absolute atomic E-state index is 10.6. The van der Waals surface area contributed by atoms with Crippen molar-refractivity contribution in [2.24, 2.45) is 17.3 Å². The van der Waals surface area contributed by atoms with Crippen LogP contribution in [0.5, 0.6) is 5.75 Å². The van der Waals surface area contributed by atoms with Gasteiger partial charge in [0.25, 0.3) is 0 Å². The van der Waals surface area contributed by atoms with Crippen LogP contribution in [0, 0.1) is 17.3 Å². The summed E-state index contributed by atoms with van der Waals surface area (Å²) in [6, 6.07) is 17.0. The largest absolute Gasteiger partial charge is 0.487 e. The van der Waals surface area contributed by atoms with Gasteiger partial charge in [-0.15, -0.1) is 5.10 Å². The van der Waals surface area contributed by atoms with Gasteiger partial charge in [-0.3, -0.25) is 0 Å². The van der Waals surface area contributed by atoms with Gasteiger partial charge in [0.1, 0.15) is 18.1 Å². The first-order valence-corrected chi connectivity index (χ1v) is 12.5. The molecular formula is C28H33N3O2. The highest BCUT2D eigenvalue weighted by Gasteiger charge is 2.54. The lowest BCUT2D eigenvalue weighted by atomic mass is 9.55. The van der Waals surface area contributed by atoms with Gasteiger partial charge in [-0.2, -0.15) is 0 Å². The zero-order valence-corrected chi connectivity index (χ0v) is 19.4. The first-order chi connectivity index (χ1) is 16.1. The molecule has 1 heterocycles. The quantitative estimate of drug-likeness (QED) is 0.594. The minimum Gasteiger partial charge on any atom is -0.487 e. The summed E-state index contributed by atoms with van der Waals surface area (Å²) in [6.45, 7) is 3.48. The molecule has 0 spiro atoms. The first-order valence-electron chi connectivity index (χ1n) is 12.5. The third kappa shape index (κ3) is 3.76. The van der Waals surface area contributed by atoms with Crippen molar-refractivity contribution >= 4 is 0 Å². The molecule has 0 unspecified atom stereocenters. The van der Waals surface area contributed by atoms with Crippen LogP contribution >= 0.6 is 0 Å². The number of aryl methyl sites for hydroxylation is 1. The van der Waals surface area contributed by atoms with Crippen molar-refractivity contribution in [1.29, 1.82) is 0 Å². The lowest BCUT2D eigenvalue weighted by Crippen LogP contribution is -2.43. The Morgan fingerprint density at radius 1 is 1.09 bits per heavy atom. The molecule has 5 atom stereocenters. The second kappa shape index (κ2) is 8.28. The van der Waals surface area contributed by atoms with E-state index in [0.717, 1.165) is 36.6 Å². The summed E-state index contributed by atoms with van der Waals surface area (Å²) in [5.74, 6) is 2.96. The molecule has 5 nitrogen and oxygen atoms in total. The van der Waals surface area contributed by atoms with Gasteiger partial charge in [0, 0.05) is 0 Å². The van der Waals surface area contributed by atoms with Gasteiger partial charge >= 0.3 is 0 Å². The maximum atomic E-state index is 10.6. The molecule has 2 saturated carbocycles. The van der Waals surface area contributed by atoms with Gasteiger partial charge < -0.3 is 9.84 Å². The number of rotatable bonds is 5. The van der Waals surface area contributed by atoms with Crippen molar-refractivity contribution in [2.45, 2.75) is 70.6 Å². The standard InChI is InChI=1S/C28H33N3O2/c1-28-14-13-24-23-10-8-22(15-20(23)7-9-25(24)26(28)11-12-27(28)32)33-18-21-17-31(30-29-21)16-19-5-3-2-4-6-19/h2-6,8,10,15,17,24-27,32H,7,9,11-14,16,18H2,1H3/t24-,25-,26+,27-,28-/m1/s1. The van der Waals surface area contributed by atoms with Crippen molar-refractivity contribution < 1.29 is 9.84 Å². The highest BCUT2D eigenvalue weighted by Crippen LogP contribution is 2.60. The van der Waals surface area contributed by atoms with Gasteiger partial charge in [-0.1, -0.05) is 48.5 Å². The fraction of sp³-hybridized carbons (Fsp3) is 0.500. The number of hydrogen-bond donors (Lipinski definition) is 1. The minimum absolute atomic E-state index is 0.105. The Kier molecular flexibility index (Phi) is 5.25. The van der Waals surface area contributed by atoms with Gasteiger partial charge in [0.15, 0.2) is 0 Å². The summed E-state index contributed by atoms with van der Waals surface area (Å²) in [4.78, 5) is 0. The predicted molar refractivity (Wildman–Crippen MR) is 127 cm³/mol. The van der Waals surface area contributed by atoms with E-state index in [2.05, 4.69) is 47.6 Å². The average molecular weight is 444 g/mol. The van der Waals surface area contributed by atoms with E-state index in [9.17, 15) is 5.11 Å². The van der Waals surface area contributed by atoms with E-state index in [0.29, 0.717) is 25.0 Å². The molecule has 3 aromatic rings. The third-order valence-corrected chi connectivity index (χ3v) is 8.81. The summed E-state index contributed by atoms with van der Waals surface area (Å²) in [7, 11) is 0. The van der Waals surface area contributed by atoms with Crippen LogP contribution in [0.2, 0.25) is 0 Å². The number of benzene rings is 2. The Hall–Kier alpha value is -2.66. The molecule has 2 aromatic carbocycles.